The minimum absolute atomic E-state index is 0.489. The van der Waals surface area contributed by atoms with E-state index >= 15 is 0 Å². The van der Waals surface area contributed by atoms with Crippen LogP contribution in [0.1, 0.15) is 30.3 Å². The highest BCUT2D eigenvalue weighted by Gasteiger charge is 2.27. The van der Waals surface area contributed by atoms with Crippen LogP contribution in [0.3, 0.4) is 0 Å². The number of benzene rings is 2. The van der Waals surface area contributed by atoms with Crippen molar-refractivity contribution in [1.82, 2.24) is 19.7 Å². The fraction of sp³-hybridized carbons (Fsp3) is 0.300. The lowest BCUT2D eigenvalue weighted by atomic mass is 10.0. The number of hydrogen-bond donors (Lipinski definition) is 0. The van der Waals surface area contributed by atoms with Crippen LogP contribution in [0.25, 0.3) is 11.4 Å². The third-order valence-corrected chi connectivity index (χ3v) is 4.89. The molecule has 0 bridgehead atoms. The predicted octanol–water partition coefficient (Wildman–Crippen LogP) is 3.82. The van der Waals surface area contributed by atoms with Gasteiger partial charge in [0.25, 0.3) is 0 Å². The molecule has 0 amide bonds. The standard InChI is InChI=1S/C20H22N4/c1-23-19(21-22-20(23)17-11-6-3-7-12-17)15-24-14-8-13-18(24)16-9-4-2-5-10-16/h2-7,9-12,18H,8,13-15H2,1H3. The van der Waals surface area contributed by atoms with Gasteiger partial charge >= 0.3 is 0 Å². The zero-order valence-corrected chi connectivity index (χ0v) is 14.0. The van der Waals surface area contributed by atoms with Crippen LogP contribution in [-0.2, 0) is 13.6 Å². The molecule has 0 aliphatic carbocycles. The van der Waals surface area contributed by atoms with Crippen LogP contribution in [0.4, 0.5) is 0 Å². The topological polar surface area (TPSA) is 34.0 Å². The lowest BCUT2D eigenvalue weighted by molar-refractivity contribution is 0.239. The minimum atomic E-state index is 0.489. The van der Waals surface area contributed by atoms with Gasteiger partial charge in [-0.3, -0.25) is 4.90 Å². The van der Waals surface area contributed by atoms with E-state index in [0.717, 1.165) is 30.3 Å². The van der Waals surface area contributed by atoms with Gasteiger partial charge in [0.1, 0.15) is 5.82 Å². The number of nitrogens with zero attached hydrogens (tertiary/aromatic N) is 4. The Morgan fingerprint density at radius 1 is 0.958 bits per heavy atom. The van der Waals surface area contributed by atoms with E-state index in [1.807, 2.05) is 18.2 Å². The van der Waals surface area contributed by atoms with Crippen LogP contribution in [0, 0.1) is 0 Å². The molecule has 0 N–H and O–H groups in total. The minimum Gasteiger partial charge on any atom is -0.313 e. The SMILES string of the molecule is Cn1c(CN2CCCC2c2ccccc2)nnc1-c1ccccc1. The van der Waals surface area contributed by atoms with E-state index < -0.39 is 0 Å². The lowest BCUT2D eigenvalue weighted by Crippen LogP contribution is -2.24. The molecule has 0 radical (unpaired) electrons. The summed E-state index contributed by atoms with van der Waals surface area (Å²) in [6.45, 7) is 1.96. The molecule has 1 saturated heterocycles. The molecule has 4 heteroatoms. The summed E-state index contributed by atoms with van der Waals surface area (Å²) < 4.78 is 2.12. The number of likely N-dealkylation sites (tertiary alicyclic amines) is 1. The van der Waals surface area contributed by atoms with E-state index in [1.54, 1.807) is 0 Å². The molecule has 0 saturated carbocycles. The number of hydrogen-bond acceptors (Lipinski definition) is 3. The fourth-order valence-electron chi connectivity index (χ4n) is 3.59. The second-order valence-corrected chi connectivity index (χ2v) is 6.40. The Morgan fingerprint density at radius 3 is 2.42 bits per heavy atom. The second kappa shape index (κ2) is 6.57. The summed E-state index contributed by atoms with van der Waals surface area (Å²) in [4.78, 5) is 2.52. The van der Waals surface area contributed by atoms with Crippen molar-refractivity contribution in [2.45, 2.75) is 25.4 Å². The molecule has 2 aromatic carbocycles. The molecule has 1 unspecified atom stereocenters. The van der Waals surface area contributed by atoms with Crippen LogP contribution >= 0.6 is 0 Å². The van der Waals surface area contributed by atoms with Crippen molar-refractivity contribution >= 4 is 0 Å². The molecule has 4 rings (SSSR count). The van der Waals surface area contributed by atoms with Gasteiger partial charge in [0.2, 0.25) is 0 Å². The van der Waals surface area contributed by atoms with Crippen LogP contribution in [0.5, 0.6) is 0 Å². The van der Waals surface area contributed by atoms with Gasteiger partial charge in [0.05, 0.1) is 6.54 Å². The Labute approximate surface area is 142 Å². The van der Waals surface area contributed by atoms with Crippen molar-refractivity contribution in [1.29, 1.82) is 0 Å². The molecule has 122 valence electrons. The van der Waals surface area contributed by atoms with Gasteiger partial charge in [-0.15, -0.1) is 10.2 Å². The van der Waals surface area contributed by atoms with Crippen molar-refractivity contribution < 1.29 is 0 Å². The summed E-state index contributed by atoms with van der Waals surface area (Å²) in [6.07, 6.45) is 2.45. The highest BCUT2D eigenvalue weighted by Crippen LogP contribution is 2.33. The number of rotatable bonds is 4. The molecule has 1 aliphatic heterocycles. The maximum absolute atomic E-state index is 4.46. The first-order chi connectivity index (χ1) is 11.8. The fourth-order valence-corrected chi connectivity index (χ4v) is 3.59. The molecule has 1 aliphatic rings. The van der Waals surface area contributed by atoms with Crippen molar-refractivity contribution in [3.05, 3.63) is 72.1 Å². The molecule has 4 nitrogen and oxygen atoms in total. The first-order valence-corrected chi connectivity index (χ1v) is 8.55. The largest absolute Gasteiger partial charge is 0.313 e. The molecule has 1 fully saturated rings. The van der Waals surface area contributed by atoms with E-state index in [9.17, 15) is 0 Å². The Hall–Kier alpha value is -2.46. The highest BCUT2D eigenvalue weighted by molar-refractivity contribution is 5.54. The smallest absolute Gasteiger partial charge is 0.163 e. The van der Waals surface area contributed by atoms with Crippen LogP contribution in [0.2, 0.25) is 0 Å². The quantitative estimate of drug-likeness (QED) is 0.733. The maximum atomic E-state index is 4.46. The van der Waals surface area contributed by atoms with E-state index in [2.05, 4.69) is 69.2 Å². The van der Waals surface area contributed by atoms with E-state index in [4.69, 9.17) is 0 Å². The van der Waals surface area contributed by atoms with Gasteiger partial charge in [-0.25, -0.2) is 0 Å². The summed E-state index contributed by atoms with van der Waals surface area (Å²) in [5, 5.41) is 8.87. The first-order valence-electron chi connectivity index (χ1n) is 8.55. The molecule has 3 aromatic rings. The molecule has 2 heterocycles. The van der Waals surface area contributed by atoms with Crippen molar-refractivity contribution in [3.63, 3.8) is 0 Å². The Kier molecular flexibility index (Phi) is 4.13. The third-order valence-electron chi connectivity index (χ3n) is 4.89. The molecule has 24 heavy (non-hydrogen) atoms. The van der Waals surface area contributed by atoms with Crippen molar-refractivity contribution in [2.75, 3.05) is 6.54 Å². The van der Waals surface area contributed by atoms with E-state index in [0.29, 0.717) is 6.04 Å². The average Bonchev–Trinajstić information content (AvgIpc) is 3.24. The van der Waals surface area contributed by atoms with Gasteiger partial charge in [-0.1, -0.05) is 60.7 Å². The second-order valence-electron chi connectivity index (χ2n) is 6.40. The lowest BCUT2D eigenvalue weighted by Gasteiger charge is -2.24. The normalized spacial score (nSPS) is 18.1. The van der Waals surface area contributed by atoms with Crippen LogP contribution < -0.4 is 0 Å². The zero-order chi connectivity index (χ0) is 16.4. The van der Waals surface area contributed by atoms with Gasteiger partial charge in [0, 0.05) is 18.7 Å². The Bertz CT molecular complexity index is 795. The molecular formula is C20H22N4. The van der Waals surface area contributed by atoms with Gasteiger partial charge < -0.3 is 4.57 Å². The Balaban J connectivity index is 1.56. The van der Waals surface area contributed by atoms with Gasteiger partial charge in [-0.05, 0) is 24.9 Å². The third kappa shape index (κ3) is 2.85. The monoisotopic (exact) mass is 318 g/mol. The van der Waals surface area contributed by atoms with Gasteiger partial charge in [-0.2, -0.15) is 0 Å². The van der Waals surface area contributed by atoms with E-state index in [1.165, 1.54) is 18.4 Å². The average molecular weight is 318 g/mol. The highest BCUT2D eigenvalue weighted by atomic mass is 15.3. The molecule has 0 spiro atoms. The molecular weight excluding hydrogens is 296 g/mol. The van der Waals surface area contributed by atoms with Crippen molar-refractivity contribution in [3.8, 4) is 11.4 Å². The summed E-state index contributed by atoms with van der Waals surface area (Å²) in [7, 11) is 2.06. The molecule has 1 atom stereocenters. The van der Waals surface area contributed by atoms with E-state index in [-0.39, 0.29) is 0 Å². The van der Waals surface area contributed by atoms with Crippen LogP contribution in [-0.4, -0.2) is 26.2 Å². The van der Waals surface area contributed by atoms with Gasteiger partial charge in [0.15, 0.2) is 5.82 Å². The maximum Gasteiger partial charge on any atom is 0.163 e. The molecule has 1 aromatic heterocycles. The van der Waals surface area contributed by atoms with Crippen molar-refractivity contribution in [2.24, 2.45) is 7.05 Å². The Morgan fingerprint density at radius 2 is 1.67 bits per heavy atom. The van der Waals surface area contributed by atoms with Crippen LogP contribution in [0.15, 0.2) is 60.7 Å². The number of aromatic nitrogens is 3. The predicted molar refractivity (Wildman–Crippen MR) is 95.3 cm³/mol. The zero-order valence-electron chi connectivity index (χ0n) is 14.0. The summed E-state index contributed by atoms with van der Waals surface area (Å²) in [5.41, 5.74) is 2.51. The summed E-state index contributed by atoms with van der Waals surface area (Å²) >= 11 is 0. The summed E-state index contributed by atoms with van der Waals surface area (Å²) in [6, 6.07) is 21.5. The first kappa shape index (κ1) is 15.1. The summed E-state index contributed by atoms with van der Waals surface area (Å²) in [5.74, 6) is 1.96.